The molecule has 4 aromatic rings. The standard InChI is InChI=1S/C22H24FN5O/c1-13(2)9-11-26-18-8-10-24-12-17(18)25-21(26)28-20-14(3)16(23)6-7-19(20)27(22(28)29)15-4-5-15/h6-8,10,12-13,15H,4-5,9,11H2,1-3H3. The predicted octanol–water partition coefficient (Wildman–Crippen LogP) is 4.37. The minimum absolute atomic E-state index is 0.148. The lowest BCUT2D eigenvalue weighted by molar-refractivity contribution is 0.517. The third-order valence-electron chi connectivity index (χ3n) is 5.80. The maximum Gasteiger partial charge on any atom is 0.336 e. The molecule has 0 amide bonds. The Morgan fingerprint density at radius 2 is 2.00 bits per heavy atom. The van der Waals surface area contributed by atoms with Gasteiger partial charge in [-0.25, -0.2) is 18.7 Å². The van der Waals surface area contributed by atoms with Gasteiger partial charge in [0.15, 0.2) is 0 Å². The molecule has 0 N–H and O–H groups in total. The van der Waals surface area contributed by atoms with Crippen molar-refractivity contribution in [2.24, 2.45) is 5.92 Å². The van der Waals surface area contributed by atoms with Crippen molar-refractivity contribution in [1.29, 1.82) is 0 Å². The second-order valence-electron chi connectivity index (χ2n) is 8.37. The van der Waals surface area contributed by atoms with E-state index in [4.69, 9.17) is 4.98 Å². The Balaban J connectivity index is 1.86. The van der Waals surface area contributed by atoms with E-state index in [0.717, 1.165) is 42.4 Å². The highest BCUT2D eigenvalue weighted by Gasteiger charge is 2.31. The van der Waals surface area contributed by atoms with Gasteiger partial charge in [0.05, 0.1) is 22.7 Å². The Hall–Kier alpha value is -2.96. The number of hydrogen-bond donors (Lipinski definition) is 0. The van der Waals surface area contributed by atoms with Gasteiger partial charge in [-0.15, -0.1) is 0 Å². The van der Waals surface area contributed by atoms with E-state index in [1.807, 2.05) is 10.6 Å². The zero-order valence-electron chi connectivity index (χ0n) is 16.9. The number of aromatic nitrogens is 5. The molecule has 0 aliphatic heterocycles. The van der Waals surface area contributed by atoms with Crippen LogP contribution < -0.4 is 5.69 Å². The van der Waals surface area contributed by atoms with E-state index in [1.54, 1.807) is 30.0 Å². The fourth-order valence-corrected chi connectivity index (χ4v) is 4.06. The Bertz CT molecular complexity index is 1290. The van der Waals surface area contributed by atoms with Crippen LogP contribution >= 0.6 is 0 Å². The van der Waals surface area contributed by atoms with Crippen LogP contribution in [0.15, 0.2) is 35.4 Å². The minimum atomic E-state index is -0.314. The Morgan fingerprint density at radius 1 is 1.21 bits per heavy atom. The molecule has 1 aromatic carbocycles. The highest BCUT2D eigenvalue weighted by Crippen LogP contribution is 2.37. The number of imidazole rings is 2. The third-order valence-corrected chi connectivity index (χ3v) is 5.80. The van der Waals surface area contributed by atoms with Gasteiger partial charge in [-0.2, -0.15) is 0 Å². The number of fused-ring (bicyclic) bond motifs is 2. The van der Waals surface area contributed by atoms with Crippen LogP contribution in [0, 0.1) is 18.7 Å². The fraction of sp³-hybridized carbons (Fsp3) is 0.409. The number of benzene rings is 1. The molecule has 0 atom stereocenters. The molecule has 7 heteroatoms. The van der Waals surface area contributed by atoms with Gasteiger partial charge in [0.25, 0.3) is 0 Å². The highest BCUT2D eigenvalue weighted by molar-refractivity contribution is 5.83. The second kappa shape index (κ2) is 6.54. The van der Waals surface area contributed by atoms with Gasteiger partial charge in [0.2, 0.25) is 5.95 Å². The van der Waals surface area contributed by atoms with Gasteiger partial charge in [0, 0.05) is 24.3 Å². The van der Waals surface area contributed by atoms with E-state index in [-0.39, 0.29) is 17.5 Å². The minimum Gasteiger partial charge on any atom is -0.309 e. The smallest absolute Gasteiger partial charge is 0.309 e. The van der Waals surface area contributed by atoms with Gasteiger partial charge in [-0.05, 0) is 50.3 Å². The SMILES string of the molecule is Cc1c(F)ccc2c1n(-c1nc3cnccc3n1CCC(C)C)c(=O)n2C1CC1. The van der Waals surface area contributed by atoms with Crippen LogP contribution in [0.1, 0.15) is 44.7 Å². The van der Waals surface area contributed by atoms with Crippen LogP contribution in [-0.4, -0.2) is 23.7 Å². The summed E-state index contributed by atoms with van der Waals surface area (Å²) in [7, 11) is 0. The topological polar surface area (TPSA) is 57.6 Å². The summed E-state index contributed by atoms with van der Waals surface area (Å²) in [6.07, 6.45) is 6.35. The molecule has 1 aliphatic carbocycles. The van der Waals surface area contributed by atoms with Crippen molar-refractivity contribution < 1.29 is 4.39 Å². The molecule has 5 rings (SSSR count). The molecule has 1 saturated carbocycles. The number of nitrogens with zero attached hydrogens (tertiary/aromatic N) is 5. The molecule has 0 unspecified atom stereocenters. The van der Waals surface area contributed by atoms with Crippen molar-refractivity contribution in [2.75, 3.05) is 0 Å². The third kappa shape index (κ3) is 2.79. The first-order valence-electron chi connectivity index (χ1n) is 10.2. The second-order valence-corrected chi connectivity index (χ2v) is 8.37. The van der Waals surface area contributed by atoms with Gasteiger partial charge in [-0.3, -0.25) is 9.55 Å². The molecule has 0 radical (unpaired) electrons. The van der Waals surface area contributed by atoms with Crippen molar-refractivity contribution in [3.05, 3.63) is 52.5 Å². The summed E-state index contributed by atoms with van der Waals surface area (Å²) in [6, 6.07) is 5.28. The Kier molecular flexibility index (Phi) is 4.08. The average molecular weight is 393 g/mol. The van der Waals surface area contributed by atoms with Crippen molar-refractivity contribution in [1.82, 2.24) is 23.7 Å². The van der Waals surface area contributed by atoms with E-state index in [2.05, 4.69) is 23.4 Å². The average Bonchev–Trinajstić information content (AvgIpc) is 3.39. The molecule has 6 nitrogen and oxygen atoms in total. The number of hydrogen-bond acceptors (Lipinski definition) is 3. The van der Waals surface area contributed by atoms with Crippen LogP contribution in [0.2, 0.25) is 0 Å². The van der Waals surface area contributed by atoms with Crippen molar-refractivity contribution in [2.45, 2.75) is 52.6 Å². The molecule has 1 aliphatic rings. The van der Waals surface area contributed by atoms with Gasteiger partial charge in [0.1, 0.15) is 11.3 Å². The van der Waals surface area contributed by atoms with Crippen LogP contribution in [0.5, 0.6) is 0 Å². The van der Waals surface area contributed by atoms with E-state index in [9.17, 15) is 9.18 Å². The lowest BCUT2D eigenvalue weighted by atomic mass is 10.1. The first-order chi connectivity index (χ1) is 14.0. The molecular weight excluding hydrogens is 369 g/mol. The molecule has 0 saturated heterocycles. The molecule has 1 fully saturated rings. The molecule has 0 bridgehead atoms. The van der Waals surface area contributed by atoms with Gasteiger partial charge < -0.3 is 4.57 Å². The lowest BCUT2D eigenvalue weighted by Crippen LogP contribution is -2.25. The largest absolute Gasteiger partial charge is 0.336 e. The Labute approximate surface area is 167 Å². The molecule has 29 heavy (non-hydrogen) atoms. The van der Waals surface area contributed by atoms with E-state index in [0.29, 0.717) is 22.9 Å². The molecule has 3 aromatic heterocycles. The number of halogens is 1. The maximum absolute atomic E-state index is 14.5. The normalized spacial score (nSPS) is 14.5. The summed E-state index contributed by atoms with van der Waals surface area (Å²) in [5.74, 6) is 0.730. The summed E-state index contributed by atoms with van der Waals surface area (Å²) in [5, 5.41) is 0. The predicted molar refractivity (Wildman–Crippen MR) is 111 cm³/mol. The van der Waals surface area contributed by atoms with E-state index >= 15 is 0 Å². The maximum atomic E-state index is 14.5. The summed E-state index contributed by atoms with van der Waals surface area (Å²) in [5.41, 5.74) is 3.38. The van der Waals surface area contributed by atoms with E-state index in [1.165, 1.54) is 6.07 Å². The summed E-state index contributed by atoms with van der Waals surface area (Å²) < 4.78 is 20.0. The summed E-state index contributed by atoms with van der Waals surface area (Å²) in [4.78, 5) is 22.5. The zero-order valence-corrected chi connectivity index (χ0v) is 16.9. The van der Waals surface area contributed by atoms with Crippen LogP contribution in [0.3, 0.4) is 0 Å². The lowest BCUT2D eigenvalue weighted by Gasteiger charge is -2.12. The summed E-state index contributed by atoms with van der Waals surface area (Å²) >= 11 is 0. The number of rotatable bonds is 5. The number of aryl methyl sites for hydroxylation is 2. The van der Waals surface area contributed by atoms with Crippen LogP contribution in [0.4, 0.5) is 4.39 Å². The molecule has 0 spiro atoms. The first kappa shape index (κ1) is 18.1. The number of pyridine rings is 1. The van der Waals surface area contributed by atoms with Crippen molar-refractivity contribution >= 4 is 22.1 Å². The highest BCUT2D eigenvalue weighted by atomic mass is 19.1. The Morgan fingerprint density at radius 3 is 2.72 bits per heavy atom. The van der Waals surface area contributed by atoms with E-state index < -0.39 is 0 Å². The van der Waals surface area contributed by atoms with Crippen molar-refractivity contribution in [3.8, 4) is 5.95 Å². The van der Waals surface area contributed by atoms with Gasteiger partial charge in [-0.1, -0.05) is 13.8 Å². The zero-order chi connectivity index (χ0) is 20.3. The fourth-order valence-electron chi connectivity index (χ4n) is 4.06. The summed E-state index contributed by atoms with van der Waals surface area (Å²) in [6.45, 7) is 6.80. The molecule has 150 valence electrons. The van der Waals surface area contributed by atoms with Crippen LogP contribution in [0.25, 0.3) is 28.0 Å². The monoisotopic (exact) mass is 393 g/mol. The quantitative estimate of drug-likeness (QED) is 0.506. The first-order valence-corrected chi connectivity index (χ1v) is 10.2. The molecule has 3 heterocycles. The molecular formula is C22H24FN5O. The van der Waals surface area contributed by atoms with Crippen molar-refractivity contribution in [3.63, 3.8) is 0 Å². The van der Waals surface area contributed by atoms with Gasteiger partial charge >= 0.3 is 5.69 Å². The van der Waals surface area contributed by atoms with Crippen LogP contribution in [-0.2, 0) is 6.54 Å².